The van der Waals surface area contributed by atoms with E-state index in [1.165, 1.54) is 60.8 Å². The molecule has 0 radical (unpaired) electrons. The molecule has 11 rings (SSSR count). The van der Waals surface area contributed by atoms with Crippen LogP contribution in [0.3, 0.4) is 0 Å². The highest BCUT2D eigenvalue weighted by atomic mass is 14.9. The lowest BCUT2D eigenvalue weighted by Crippen LogP contribution is -2.40. The average molecular weight is 715 g/mol. The minimum atomic E-state index is -0.436. The first-order valence-electron chi connectivity index (χ1n) is 19.5. The normalized spacial score (nSPS) is 14.2. The SMILES string of the molecule is CC1(C)c2ccccc2C2(c3ccccc3-c3c(-c4cccc(-c5cc(-c6ccccc6)nc(-c6ccc7ccccc7c6)n5)c4)cccc32)c2ccccc21. The van der Waals surface area contributed by atoms with Crippen molar-refractivity contribution >= 4 is 10.8 Å². The van der Waals surface area contributed by atoms with Crippen LogP contribution in [0.25, 0.3) is 66.9 Å². The van der Waals surface area contributed by atoms with Crippen molar-refractivity contribution in [3.05, 3.63) is 228 Å². The molecule has 0 saturated carbocycles. The van der Waals surface area contributed by atoms with Crippen molar-refractivity contribution in [1.29, 1.82) is 0 Å². The molecule has 0 amide bonds. The van der Waals surface area contributed by atoms with Gasteiger partial charge in [0.15, 0.2) is 5.82 Å². The third-order valence-corrected chi connectivity index (χ3v) is 12.4. The topological polar surface area (TPSA) is 25.8 Å². The summed E-state index contributed by atoms with van der Waals surface area (Å²) in [6.45, 7) is 4.76. The Morgan fingerprint density at radius 3 is 1.62 bits per heavy atom. The van der Waals surface area contributed by atoms with Crippen LogP contribution in [0.15, 0.2) is 194 Å². The standard InChI is InChI=1S/C54H38N2/c1-53(2)44-25-10-12-27-46(44)54(47-28-13-11-26-45(47)53)43-24-9-8-22-42(43)51-41(23-15-29-48(51)54)38-20-14-21-39(33-38)50-34-49(36-17-4-3-5-18-36)55-52(56-50)40-31-30-35-16-6-7-19-37(35)32-40/h3-34H,1-2H3. The largest absolute Gasteiger partial charge is 0.228 e. The number of hydrogen-bond acceptors (Lipinski definition) is 2. The summed E-state index contributed by atoms with van der Waals surface area (Å²) in [4.78, 5) is 10.4. The molecule has 0 fully saturated rings. The second-order valence-electron chi connectivity index (χ2n) is 15.7. The Morgan fingerprint density at radius 2 is 0.875 bits per heavy atom. The molecule has 0 aliphatic heterocycles. The van der Waals surface area contributed by atoms with Crippen LogP contribution in [0.5, 0.6) is 0 Å². The molecule has 2 aliphatic carbocycles. The molecule has 1 aromatic heterocycles. The van der Waals surface area contributed by atoms with Crippen LogP contribution >= 0.6 is 0 Å². The van der Waals surface area contributed by atoms with Gasteiger partial charge in [0.05, 0.1) is 16.8 Å². The van der Waals surface area contributed by atoms with Crippen LogP contribution < -0.4 is 0 Å². The maximum absolute atomic E-state index is 5.27. The Bertz CT molecular complexity index is 2960. The zero-order valence-corrected chi connectivity index (χ0v) is 31.4. The van der Waals surface area contributed by atoms with Crippen LogP contribution in [0.2, 0.25) is 0 Å². The maximum Gasteiger partial charge on any atom is 0.160 e. The number of nitrogens with zero attached hydrogens (tertiary/aromatic N) is 2. The summed E-state index contributed by atoms with van der Waals surface area (Å²) in [6.07, 6.45) is 0. The van der Waals surface area contributed by atoms with Crippen molar-refractivity contribution in [2.45, 2.75) is 24.7 Å². The number of fused-ring (bicyclic) bond motifs is 10. The minimum Gasteiger partial charge on any atom is -0.228 e. The van der Waals surface area contributed by atoms with E-state index in [9.17, 15) is 0 Å². The summed E-state index contributed by atoms with van der Waals surface area (Å²) in [6, 6.07) is 70.7. The molecule has 2 aliphatic rings. The molecular weight excluding hydrogens is 677 g/mol. The van der Waals surface area contributed by atoms with Crippen molar-refractivity contribution in [1.82, 2.24) is 9.97 Å². The molecule has 0 bridgehead atoms. The molecule has 0 atom stereocenters. The van der Waals surface area contributed by atoms with Crippen LogP contribution in [0, 0.1) is 0 Å². The summed E-state index contributed by atoms with van der Waals surface area (Å²) in [5, 5.41) is 2.37. The molecule has 2 heteroatoms. The summed E-state index contributed by atoms with van der Waals surface area (Å²) < 4.78 is 0. The Hall–Kier alpha value is -6.90. The third kappa shape index (κ3) is 4.69. The van der Waals surface area contributed by atoms with E-state index in [0.29, 0.717) is 5.82 Å². The first-order chi connectivity index (χ1) is 27.5. The maximum atomic E-state index is 5.27. The fourth-order valence-electron chi connectivity index (χ4n) is 9.81. The van der Waals surface area contributed by atoms with Gasteiger partial charge in [-0.3, -0.25) is 0 Å². The number of benzene rings is 8. The molecule has 0 unspecified atom stereocenters. The van der Waals surface area contributed by atoms with Gasteiger partial charge >= 0.3 is 0 Å². The Labute approximate surface area is 327 Å². The molecule has 2 nitrogen and oxygen atoms in total. The van der Waals surface area contributed by atoms with Crippen molar-refractivity contribution in [3.8, 4) is 56.2 Å². The lowest BCUT2D eigenvalue weighted by atomic mass is 9.55. The highest BCUT2D eigenvalue weighted by molar-refractivity contribution is 5.97. The molecule has 1 heterocycles. The van der Waals surface area contributed by atoms with Crippen molar-refractivity contribution in [2.75, 3.05) is 0 Å². The third-order valence-electron chi connectivity index (χ3n) is 12.4. The molecule has 1 spiro atoms. The summed E-state index contributed by atoms with van der Waals surface area (Å²) >= 11 is 0. The minimum absolute atomic E-state index is 0.135. The number of rotatable bonds is 4. The molecule has 8 aromatic carbocycles. The van der Waals surface area contributed by atoms with E-state index in [1.807, 2.05) is 6.07 Å². The van der Waals surface area contributed by atoms with E-state index in [4.69, 9.17) is 9.97 Å². The smallest absolute Gasteiger partial charge is 0.160 e. The van der Waals surface area contributed by atoms with Gasteiger partial charge < -0.3 is 0 Å². The zero-order valence-electron chi connectivity index (χ0n) is 31.4. The van der Waals surface area contributed by atoms with Crippen LogP contribution in [0.4, 0.5) is 0 Å². The Kier molecular flexibility index (Phi) is 7.15. The highest BCUT2D eigenvalue weighted by Crippen LogP contribution is 2.63. The van der Waals surface area contributed by atoms with Crippen LogP contribution in [-0.4, -0.2) is 9.97 Å². The van der Waals surface area contributed by atoms with E-state index < -0.39 is 5.41 Å². The van der Waals surface area contributed by atoms with Crippen LogP contribution in [0.1, 0.15) is 47.2 Å². The molecule has 264 valence electrons. The first kappa shape index (κ1) is 32.5. The summed E-state index contributed by atoms with van der Waals surface area (Å²) in [5.74, 6) is 0.714. The number of aromatic nitrogens is 2. The van der Waals surface area contributed by atoms with E-state index in [2.05, 4.69) is 202 Å². The van der Waals surface area contributed by atoms with Crippen molar-refractivity contribution < 1.29 is 0 Å². The zero-order chi connectivity index (χ0) is 37.4. The van der Waals surface area contributed by atoms with E-state index in [0.717, 1.165) is 33.6 Å². The van der Waals surface area contributed by atoms with Gasteiger partial charge in [-0.05, 0) is 84.6 Å². The van der Waals surface area contributed by atoms with Gasteiger partial charge in [-0.1, -0.05) is 190 Å². The summed E-state index contributed by atoms with van der Waals surface area (Å²) in [5.41, 5.74) is 17.5. The monoisotopic (exact) mass is 714 g/mol. The lowest BCUT2D eigenvalue weighted by Gasteiger charge is -2.46. The second-order valence-corrected chi connectivity index (χ2v) is 15.7. The molecule has 9 aromatic rings. The van der Waals surface area contributed by atoms with Gasteiger partial charge in [0.25, 0.3) is 0 Å². The highest BCUT2D eigenvalue weighted by Gasteiger charge is 2.53. The van der Waals surface area contributed by atoms with Gasteiger partial charge in [-0.15, -0.1) is 0 Å². The molecule has 0 saturated heterocycles. The number of hydrogen-bond donors (Lipinski definition) is 0. The van der Waals surface area contributed by atoms with Gasteiger partial charge in [0.1, 0.15) is 0 Å². The van der Waals surface area contributed by atoms with Crippen LogP contribution in [-0.2, 0) is 10.8 Å². The molecule has 0 N–H and O–H groups in total. The predicted molar refractivity (Wildman–Crippen MR) is 231 cm³/mol. The lowest BCUT2D eigenvalue weighted by molar-refractivity contribution is 0.563. The first-order valence-corrected chi connectivity index (χ1v) is 19.5. The fraction of sp³-hybridized carbons (Fsp3) is 0.0741. The van der Waals surface area contributed by atoms with Gasteiger partial charge in [0, 0.05) is 22.1 Å². The summed E-state index contributed by atoms with van der Waals surface area (Å²) in [7, 11) is 0. The second kappa shape index (κ2) is 12.3. The molecule has 56 heavy (non-hydrogen) atoms. The Balaban J connectivity index is 1.12. The van der Waals surface area contributed by atoms with Gasteiger partial charge in [-0.25, -0.2) is 9.97 Å². The van der Waals surface area contributed by atoms with E-state index in [1.54, 1.807) is 0 Å². The molecular formula is C54H38N2. The van der Waals surface area contributed by atoms with Crippen molar-refractivity contribution in [3.63, 3.8) is 0 Å². The van der Waals surface area contributed by atoms with E-state index in [-0.39, 0.29) is 5.41 Å². The predicted octanol–water partition coefficient (Wildman–Crippen LogP) is 13.3. The van der Waals surface area contributed by atoms with Crippen molar-refractivity contribution in [2.24, 2.45) is 0 Å². The van der Waals surface area contributed by atoms with Gasteiger partial charge in [0.2, 0.25) is 0 Å². The van der Waals surface area contributed by atoms with E-state index >= 15 is 0 Å². The Morgan fingerprint density at radius 1 is 0.339 bits per heavy atom. The fourth-order valence-corrected chi connectivity index (χ4v) is 9.81. The average Bonchev–Trinajstić information content (AvgIpc) is 3.57. The quantitative estimate of drug-likeness (QED) is 0.181. The van der Waals surface area contributed by atoms with Gasteiger partial charge in [-0.2, -0.15) is 0 Å².